The van der Waals surface area contributed by atoms with Crippen molar-refractivity contribution in [3.05, 3.63) is 268 Å². The number of aliphatic carboxylic acids is 4. The monoisotopic (exact) mass is 2210 g/mol. The van der Waals surface area contributed by atoms with Crippen molar-refractivity contribution in [3.63, 3.8) is 0 Å². The maximum atomic E-state index is 13.0. The largest absolute Gasteiger partial charge is 0.508 e. The number of fused-ring (bicyclic) bond motifs is 4. The van der Waals surface area contributed by atoms with Gasteiger partial charge < -0.3 is 73.3 Å². The molecule has 0 radical (unpaired) electrons. The number of phenolic OH excluding ortho intramolecular Hbond substituents is 2. The number of phenols is 2. The number of carboxylic acids is 4. The Morgan fingerprint density at radius 2 is 0.703 bits per heavy atom. The minimum Gasteiger partial charge on any atom is -0.508 e. The summed E-state index contributed by atoms with van der Waals surface area (Å²) in [5.41, 5.74) is 28.2. The molecular formula is C112H147Cl5N6O21S4. The molecule has 15 N–H and O–H groups in total. The second kappa shape index (κ2) is 60.9. The van der Waals surface area contributed by atoms with E-state index in [1.54, 1.807) is 90.3 Å². The Morgan fingerprint density at radius 1 is 0.405 bits per heavy atom. The number of benzene rings is 8. The molecule has 0 heterocycles. The summed E-state index contributed by atoms with van der Waals surface area (Å²) in [5, 5.41) is 61.5. The minimum atomic E-state index is -1.33. The number of carbonyl (C=O) groups excluding carboxylic acids is 9. The third kappa shape index (κ3) is 42.0. The van der Waals surface area contributed by atoms with Gasteiger partial charge in [-0.2, -0.15) is 53.1 Å². The topological polar surface area (TPSA) is 476 Å². The fourth-order valence-electron chi connectivity index (χ4n) is 17.9. The van der Waals surface area contributed by atoms with Crippen molar-refractivity contribution < 1.29 is 102 Å². The number of alkyl carbamates (subject to hydrolysis) is 2. The van der Waals surface area contributed by atoms with E-state index in [1.807, 2.05) is 36.4 Å². The van der Waals surface area contributed by atoms with Crippen LogP contribution in [-0.2, 0) is 77.5 Å². The van der Waals surface area contributed by atoms with E-state index < -0.39 is 82.6 Å². The molecule has 0 fully saturated rings. The third-order valence-electron chi connectivity index (χ3n) is 25.9. The number of carboxylic acid groups (broad SMARTS) is 4. The summed E-state index contributed by atoms with van der Waals surface area (Å²) in [6.45, 7) is 27.9. The smallest absolute Gasteiger partial charge is 0.408 e. The number of thiol groups is 1. The Balaban J connectivity index is 0.000000474. The highest BCUT2D eigenvalue weighted by Gasteiger charge is 2.39. The molecule has 0 bridgehead atoms. The molecule has 36 heteroatoms. The zero-order valence-corrected chi connectivity index (χ0v) is 94.4. The van der Waals surface area contributed by atoms with E-state index in [0.29, 0.717) is 43.1 Å². The van der Waals surface area contributed by atoms with Crippen LogP contribution in [0.3, 0.4) is 0 Å². The minimum absolute atomic E-state index is 0. The number of ketones is 5. The lowest BCUT2D eigenvalue weighted by molar-refractivity contribution is -0.140. The van der Waals surface area contributed by atoms with Gasteiger partial charge in [0.2, 0.25) is 0 Å². The van der Waals surface area contributed by atoms with E-state index in [4.69, 9.17) is 94.9 Å². The average molecular weight is 2220 g/mol. The summed E-state index contributed by atoms with van der Waals surface area (Å²) in [5.74, 6) is -5.11. The molecule has 12 rings (SSSR count). The summed E-state index contributed by atoms with van der Waals surface area (Å²) < 4.78 is 9.96. The van der Waals surface area contributed by atoms with E-state index >= 15 is 0 Å². The number of nitrogens with two attached hydrogens (primary N) is 3. The third-order valence-corrected chi connectivity index (χ3v) is 27.3. The van der Waals surface area contributed by atoms with Gasteiger partial charge in [-0.05, 0) is 286 Å². The number of Topliss-reactive ketones (excluding diaryl/α,β-unsaturated/α-hetero) is 5. The summed E-state index contributed by atoms with van der Waals surface area (Å²) in [4.78, 5) is 154. The first kappa shape index (κ1) is 132. The highest BCUT2D eigenvalue weighted by atomic mass is 35.5. The van der Waals surface area contributed by atoms with Gasteiger partial charge in [-0.25, -0.2) is 24.0 Å². The fraction of sp³-hybridized carbons (Fsp3) is 0.455. The van der Waals surface area contributed by atoms with E-state index in [9.17, 15) is 82.8 Å². The van der Waals surface area contributed by atoms with E-state index in [1.165, 1.54) is 75.2 Å². The van der Waals surface area contributed by atoms with Crippen LogP contribution in [0.25, 0.3) is 0 Å². The lowest BCUT2D eigenvalue weighted by atomic mass is 9.68. The van der Waals surface area contributed by atoms with Crippen LogP contribution >= 0.6 is 111 Å². The molecule has 8 aromatic rings. The quantitative estimate of drug-likeness (QED) is 0.0103. The predicted molar refractivity (Wildman–Crippen MR) is 602 cm³/mol. The maximum Gasteiger partial charge on any atom is 0.408 e. The Morgan fingerprint density at radius 3 is 1.01 bits per heavy atom. The molecule has 8 aromatic carbocycles. The molecule has 4 unspecified atom stereocenters. The lowest BCUT2D eigenvalue weighted by Crippen LogP contribution is -2.47. The van der Waals surface area contributed by atoms with Crippen molar-refractivity contribution in [2.24, 2.45) is 17.2 Å². The molecule has 4 aliphatic rings. The van der Waals surface area contributed by atoms with Crippen molar-refractivity contribution >= 4 is 187 Å². The zero-order chi connectivity index (χ0) is 109. The first-order chi connectivity index (χ1) is 67.8. The van der Waals surface area contributed by atoms with Gasteiger partial charge in [0.25, 0.3) is 11.1 Å². The summed E-state index contributed by atoms with van der Waals surface area (Å²) in [6, 6.07) is 47.8. The van der Waals surface area contributed by atoms with Gasteiger partial charge >= 0.3 is 36.1 Å². The highest BCUT2D eigenvalue weighted by Crippen LogP contribution is 2.48. The number of aryl methyl sites for hydroxylation is 2. The average Bonchev–Trinajstić information content (AvgIpc) is 0.822. The molecule has 0 saturated carbocycles. The van der Waals surface area contributed by atoms with Crippen LogP contribution in [-0.4, -0.2) is 155 Å². The van der Waals surface area contributed by atoms with Crippen LogP contribution in [0.2, 0.25) is 20.1 Å². The van der Waals surface area contributed by atoms with E-state index in [2.05, 4.69) is 151 Å². The van der Waals surface area contributed by atoms with Crippen LogP contribution in [0, 0.1) is 0 Å². The Kier molecular flexibility index (Phi) is 54.4. The number of hydrogen-bond donors (Lipinski definition) is 13. The standard InChI is InChI=1S/C34H35Cl2NO6.C23H33NO5.C18H25NO3.C16H11Cl3O3.C12H17N.C8H16N2O4.CH4S.3H2S/c1-34(2)15-14-21(25-8-3-4-9-26(25)34)17-24(39)11-12-29(33(42)43)37-32(41)31-27(35)18-22(19-28(31)36)30(40)13-10-20-6-5-7-23(38)16-20;1-22(2,3)29-21(28)24-19(20(26)27)11-10-16(25)14-15-12-13-23(4,5)18-9-7-6-8-17(15)18;1-18(2)10-9-12(14-5-3-4-6-15(14)18)11-13(20)7-8-16(19)17(21)22;17-12-7-10(8-13(18)15(12)16(19)22)14(21)5-4-9-2-1-3-11(20)6-9;1-12(2)8-7-11(13)9-5-3-4-6-10(9)12;1-8(2,3)14-7(13)10-5(4-9)6(11)12;1-2;;;/h3-9,16,18-19,21,29,38H,10-15,17H2,1-2H3,(H,37,41)(H,42,43);6-9,15,19H,10-14H2,1-5H3,(H,24,28)(H,26,27);3-6,12,16H,7-11,19H2,1-2H3,(H,21,22);1-3,6-8,20H,4-5H2;3-6,11H,7-8,13H2,1-2H3;5H,4,9H2,1-3H3,(H,10,13)(H,11,12);2H,1H3;3*1H2/t21?,29-;15?,19-;12?,16-;;;5-;;;;/m000..0..../s1. The first-order valence-electron chi connectivity index (χ1n) is 48.4. The van der Waals surface area contributed by atoms with Crippen molar-refractivity contribution in [2.75, 3.05) is 12.8 Å². The summed E-state index contributed by atoms with van der Waals surface area (Å²) >= 11 is 33.5. The normalized spacial score (nSPS) is 16.6. The van der Waals surface area contributed by atoms with Crippen LogP contribution in [0.5, 0.6) is 11.5 Å². The molecule has 8 atom stereocenters. The molecule has 3 amide bonds. The molecule has 27 nitrogen and oxygen atoms in total. The number of rotatable bonds is 33. The summed E-state index contributed by atoms with van der Waals surface area (Å²) in [6.07, 6.45) is 11.2. The Bertz CT molecular complexity index is 5840. The van der Waals surface area contributed by atoms with Crippen LogP contribution in [0.4, 0.5) is 9.59 Å². The number of amides is 3. The maximum absolute atomic E-state index is 13.0. The van der Waals surface area contributed by atoms with Gasteiger partial charge in [0.05, 0.1) is 31.2 Å². The number of halogens is 5. The number of hydrogen-bond acceptors (Lipinski definition) is 21. The molecule has 0 aliphatic heterocycles. The predicted octanol–water partition coefficient (Wildman–Crippen LogP) is 23.3. The molecule has 810 valence electrons. The van der Waals surface area contributed by atoms with E-state index in [0.717, 1.165) is 56.1 Å². The fourth-order valence-corrected chi connectivity index (χ4v) is 19.5. The van der Waals surface area contributed by atoms with Gasteiger partial charge in [0.1, 0.15) is 64.2 Å². The summed E-state index contributed by atoms with van der Waals surface area (Å²) in [7, 11) is 0. The number of carbonyl (C=O) groups is 13. The van der Waals surface area contributed by atoms with Crippen molar-refractivity contribution in [2.45, 2.75) is 313 Å². The van der Waals surface area contributed by atoms with Gasteiger partial charge in [-0.3, -0.25) is 38.4 Å². The zero-order valence-electron chi connectivity index (χ0n) is 86.7. The van der Waals surface area contributed by atoms with Crippen LogP contribution in [0.15, 0.2) is 170 Å². The Labute approximate surface area is 920 Å². The number of aromatic hydroxyl groups is 2. The van der Waals surface area contributed by atoms with Gasteiger partial charge in [-0.1, -0.05) is 223 Å². The second-order valence-electron chi connectivity index (χ2n) is 41.3. The van der Waals surface area contributed by atoms with Crippen molar-refractivity contribution in [1.29, 1.82) is 0 Å². The highest BCUT2D eigenvalue weighted by molar-refractivity contribution is 7.79. The van der Waals surface area contributed by atoms with Crippen LogP contribution < -0.4 is 33.2 Å². The second-order valence-corrected chi connectivity index (χ2v) is 43.3. The SMILES string of the molecule is CC(C)(C)OC(=O)N[C@@H](CCC(=O)CC1CCC(C)(C)c2ccccc21)C(=O)O.CC(C)(C)OC(=O)N[C@@H](CN)C(=O)O.CC1(C)CCC(CC(=O)CC[C@H](N)C(=O)O)c2ccccc21.CC1(C)CCC(CC(=O)CC[C@H](NC(=O)c2c(Cl)cc(C(=O)CCc3cccc(O)c3)cc2Cl)C(=O)O)c2ccccc21.CC1(C)CCC(N)c2ccccc21.CS.O=C(CCc1cccc(O)c1)c1cc(Cl)c(C(=O)Cl)c(Cl)c1.S.S.S. The van der Waals surface area contributed by atoms with Gasteiger partial charge in [-0.15, -0.1) is 0 Å². The van der Waals surface area contributed by atoms with Crippen LogP contribution in [0.1, 0.15) is 340 Å². The molecule has 0 spiro atoms. The molecule has 0 aromatic heterocycles. The van der Waals surface area contributed by atoms with Crippen molar-refractivity contribution in [1.82, 2.24) is 16.0 Å². The number of ether oxygens (including phenoxy) is 2. The first-order valence-corrected chi connectivity index (χ1v) is 51.2. The Hall–Kier alpha value is -10.0. The lowest BCUT2D eigenvalue weighted by Gasteiger charge is -2.37. The van der Waals surface area contributed by atoms with Crippen molar-refractivity contribution in [3.8, 4) is 11.5 Å². The molecular weight excluding hydrogens is 2070 g/mol. The van der Waals surface area contributed by atoms with Gasteiger partial charge in [0.15, 0.2) is 11.6 Å². The van der Waals surface area contributed by atoms with E-state index in [-0.39, 0.29) is 216 Å². The number of nitrogens with one attached hydrogen (secondary N) is 3. The molecule has 148 heavy (non-hydrogen) atoms. The van der Waals surface area contributed by atoms with Gasteiger partial charge in [0, 0.05) is 75.1 Å². The molecule has 4 aliphatic carbocycles. The molecule has 0 saturated heterocycles.